The van der Waals surface area contributed by atoms with Gasteiger partial charge in [0.1, 0.15) is 17.4 Å². The van der Waals surface area contributed by atoms with Crippen LogP contribution in [0, 0.1) is 0 Å². The summed E-state index contributed by atoms with van der Waals surface area (Å²) in [5.41, 5.74) is 2.27. The van der Waals surface area contributed by atoms with Gasteiger partial charge in [-0.25, -0.2) is 0 Å². The van der Waals surface area contributed by atoms with Gasteiger partial charge in [0.05, 0.1) is 6.10 Å². The summed E-state index contributed by atoms with van der Waals surface area (Å²) in [6, 6.07) is 8.27. The highest BCUT2D eigenvalue weighted by molar-refractivity contribution is 5.82. The second-order valence-corrected chi connectivity index (χ2v) is 5.49. The Labute approximate surface area is 120 Å². The molecule has 0 aliphatic carbocycles. The normalized spacial score (nSPS) is 23.3. The first kappa shape index (κ1) is 13.7. The zero-order chi connectivity index (χ0) is 13.9. The van der Waals surface area contributed by atoms with Gasteiger partial charge in [-0.3, -0.25) is 0 Å². The highest BCUT2D eigenvalue weighted by Crippen LogP contribution is 2.33. The lowest BCUT2D eigenvalue weighted by Gasteiger charge is -2.30. The third-order valence-corrected chi connectivity index (χ3v) is 4.04. The van der Waals surface area contributed by atoms with Crippen molar-refractivity contribution < 1.29 is 9.15 Å². The highest BCUT2D eigenvalue weighted by atomic mass is 16.5. The summed E-state index contributed by atoms with van der Waals surface area (Å²) < 4.78 is 12.3. The molecule has 2 aromatic rings. The van der Waals surface area contributed by atoms with E-state index < -0.39 is 0 Å². The fourth-order valence-corrected chi connectivity index (χ4v) is 3.09. The van der Waals surface area contributed by atoms with E-state index >= 15 is 0 Å². The van der Waals surface area contributed by atoms with Crippen LogP contribution in [0.1, 0.15) is 44.1 Å². The first-order chi connectivity index (χ1) is 9.83. The van der Waals surface area contributed by atoms with Crippen LogP contribution in [0.25, 0.3) is 11.0 Å². The summed E-state index contributed by atoms with van der Waals surface area (Å²) in [5.74, 6) is 1.02. The second kappa shape index (κ2) is 5.98. The Hall–Kier alpha value is -1.32. The molecule has 2 atom stereocenters. The van der Waals surface area contributed by atoms with Crippen molar-refractivity contribution in [1.82, 2.24) is 5.32 Å². The maximum absolute atomic E-state index is 6.23. The zero-order valence-electron chi connectivity index (χ0n) is 12.3. The third-order valence-electron chi connectivity index (χ3n) is 4.04. The van der Waals surface area contributed by atoms with Gasteiger partial charge < -0.3 is 14.5 Å². The summed E-state index contributed by atoms with van der Waals surface area (Å²) in [5, 5.41) is 4.71. The van der Waals surface area contributed by atoms with Crippen LogP contribution in [0.3, 0.4) is 0 Å². The number of hydrogen-bond donors (Lipinski definition) is 1. The minimum atomic E-state index is 0.0441. The average molecular weight is 273 g/mol. The number of nitrogens with one attached hydrogen (secondary N) is 1. The molecule has 1 aliphatic rings. The van der Waals surface area contributed by atoms with Gasteiger partial charge in [0, 0.05) is 24.0 Å². The molecule has 0 radical (unpaired) electrons. The van der Waals surface area contributed by atoms with Crippen molar-refractivity contribution in [3.05, 3.63) is 35.6 Å². The lowest BCUT2D eigenvalue weighted by atomic mass is 10.0. The summed E-state index contributed by atoms with van der Waals surface area (Å²) in [6.45, 7) is 6.17. The number of aryl methyl sites for hydroxylation is 1. The fourth-order valence-electron chi connectivity index (χ4n) is 3.09. The van der Waals surface area contributed by atoms with Crippen LogP contribution < -0.4 is 5.32 Å². The van der Waals surface area contributed by atoms with Gasteiger partial charge in [-0.1, -0.05) is 38.5 Å². The molecule has 1 saturated heterocycles. The van der Waals surface area contributed by atoms with Crippen molar-refractivity contribution in [2.75, 3.05) is 13.1 Å². The first-order valence-corrected chi connectivity index (χ1v) is 7.70. The summed E-state index contributed by atoms with van der Waals surface area (Å²) in [7, 11) is 0. The molecule has 1 N–H and O–H groups in total. The molecule has 20 heavy (non-hydrogen) atoms. The van der Waals surface area contributed by atoms with Crippen LogP contribution >= 0.6 is 0 Å². The average Bonchev–Trinajstić information content (AvgIpc) is 2.86. The molecule has 0 spiro atoms. The highest BCUT2D eigenvalue weighted by Gasteiger charge is 2.28. The van der Waals surface area contributed by atoms with Crippen LogP contribution in [0.5, 0.6) is 0 Å². The number of rotatable bonds is 4. The molecule has 0 amide bonds. The standard InChI is InChI=1S/C17H23NO2/c1-3-7-12-10-18-11-16(19-12)17-13(4-2)14-8-5-6-9-15(14)20-17/h5-6,8-9,12,16,18H,3-4,7,10-11H2,1-2H3. The Kier molecular flexibility index (Phi) is 4.08. The molecular formula is C17H23NO2. The van der Waals surface area contributed by atoms with E-state index in [9.17, 15) is 0 Å². The molecule has 3 heteroatoms. The van der Waals surface area contributed by atoms with Crippen LogP contribution in [0.2, 0.25) is 0 Å². The van der Waals surface area contributed by atoms with Gasteiger partial charge in [0.25, 0.3) is 0 Å². The molecule has 1 aromatic heterocycles. The topological polar surface area (TPSA) is 34.4 Å². The van der Waals surface area contributed by atoms with E-state index in [1.54, 1.807) is 0 Å². The summed E-state index contributed by atoms with van der Waals surface area (Å²) >= 11 is 0. The number of para-hydroxylation sites is 1. The van der Waals surface area contributed by atoms with Gasteiger partial charge in [0.2, 0.25) is 0 Å². The van der Waals surface area contributed by atoms with Gasteiger partial charge in [0.15, 0.2) is 0 Å². The Balaban J connectivity index is 1.92. The molecule has 0 saturated carbocycles. The Bertz CT molecular complexity index is 573. The SMILES string of the molecule is CCCC1CNCC(c2oc3ccccc3c2CC)O1. The van der Waals surface area contributed by atoms with Crippen LogP contribution in [-0.2, 0) is 11.2 Å². The monoisotopic (exact) mass is 273 g/mol. The molecule has 1 aromatic carbocycles. The first-order valence-electron chi connectivity index (χ1n) is 7.70. The van der Waals surface area contributed by atoms with E-state index in [1.807, 2.05) is 12.1 Å². The summed E-state index contributed by atoms with van der Waals surface area (Å²) in [4.78, 5) is 0. The maximum atomic E-state index is 6.23. The molecule has 108 valence electrons. The van der Waals surface area contributed by atoms with Crippen molar-refractivity contribution in [1.29, 1.82) is 0 Å². The van der Waals surface area contributed by atoms with Crippen LogP contribution in [0.15, 0.2) is 28.7 Å². The number of morpholine rings is 1. The number of furan rings is 1. The van der Waals surface area contributed by atoms with E-state index in [2.05, 4.69) is 31.3 Å². The maximum Gasteiger partial charge on any atom is 0.138 e. The zero-order valence-corrected chi connectivity index (χ0v) is 12.3. The van der Waals surface area contributed by atoms with Gasteiger partial charge in [-0.15, -0.1) is 0 Å². The molecule has 3 nitrogen and oxygen atoms in total. The van der Waals surface area contributed by atoms with Crippen LogP contribution in [0.4, 0.5) is 0 Å². The minimum Gasteiger partial charge on any atom is -0.458 e. The lowest BCUT2D eigenvalue weighted by Crippen LogP contribution is -2.40. The number of hydrogen-bond acceptors (Lipinski definition) is 3. The minimum absolute atomic E-state index is 0.0441. The molecular weight excluding hydrogens is 250 g/mol. The quantitative estimate of drug-likeness (QED) is 0.919. The molecule has 2 heterocycles. The Morgan fingerprint density at radius 2 is 2.05 bits per heavy atom. The second-order valence-electron chi connectivity index (χ2n) is 5.49. The van der Waals surface area contributed by atoms with E-state index in [4.69, 9.17) is 9.15 Å². The predicted octanol–water partition coefficient (Wildman–Crippen LogP) is 3.82. The van der Waals surface area contributed by atoms with Crippen molar-refractivity contribution in [2.45, 2.75) is 45.3 Å². The van der Waals surface area contributed by atoms with Gasteiger partial charge >= 0.3 is 0 Å². The number of fused-ring (bicyclic) bond motifs is 1. The van der Waals surface area contributed by atoms with E-state index in [0.717, 1.165) is 43.7 Å². The van der Waals surface area contributed by atoms with Gasteiger partial charge in [-0.2, -0.15) is 0 Å². The van der Waals surface area contributed by atoms with Crippen LogP contribution in [-0.4, -0.2) is 19.2 Å². The van der Waals surface area contributed by atoms with Crippen molar-refractivity contribution in [3.63, 3.8) is 0 Å². The van der Waals surface area contributed by atoms with Crippen molar-refractivity contribution in [3.8, 4) is 0 Å². The van der Waals surface area contributed by atoms with E-state index in [1.165, 1.54) is 10.9 Å². The largest absolute Gasteiger partial charge is 0.458 e. The molecule has 2 unspecified atom stereocenters. The predicted molar refractivity (Wildman–Crippen MR) is 81.0 cm³/mol. The summed E-state index contributed by atoms with van der Waals surface area (Å²) in [6.07, 6.45) is 3.58. The van der Waals surface area contributed by atoms with Crippen molar-refractivity contribution >= 4 is 11.0 Å². The number of ether oxygens (including phenoxy) is 1. The van der Waals surface area contributed by atoms with Crippen molar-refractivity contribution in [2.24, 2.45) is 0 Å². The fraction of sp³-hybridized carbons (Fsp3) is 0.529. The van der Waals surface area contributed by atoms with E-state index in [0.29, 0.717) is 6.10 Å². The smallest absolute Gasteiger partial charge is 0.138 e. The molecule has 1 fully saturated rings. The number of benzene rings is 1. The molecule has 0 bridgehead atoms. The Morgan fingerprint density at radius 3 is 2.85 bits per heavy atom. The third kappa shape index (κ3) is 2.48. The Morgan fingerprint density at radius 1 is 1.20 bits per heavy atom. The molecule has 1 aliphatic heterocycles. The van der Waals surface area contributed by atoms with E-state index in [-0.39, 0.29) is 6.10 Å². The lowest BCUT2D eigenvalue weighted by molar-refractivity contribution is -0.0517. The van der Waals surface area contributed by atoms with Gasteiger partial charge in [-0.05, 0) is 18.9 Å². The molecule has 3 rings (SSSR count).